The predicted molar refractivity (Wildman–Crippen MR) is 104 cm³/mol. The van der Waals surface area contributed by atoms with Gasteiger partial charge >= 0.3 is 0 Å². The SMILES string of the molecule is N#Cc1cccc(Cn2c(SCc3cccc(F)c3)nc3cccnc32)c1. The number of imidazole rings is 1. The Morgan fingerprint density at radius 2 is 1.89 bits per heavy atom. The first-order valence-electron chi connectivity index (χ1n) is 8.40. The van der Waals surface area contributed by atoms with E-state index in [2.05, 4.69) is 11.1 Å². The molecule has 0 atom stereocenters. The Balaban J connectivity index is 1.67. The van der Waals surface area contributed by atoms with Crippen LogP contribution in [-0.2, 0) is 12.3 Å². The zero-order valence-electron chi connectivity index (χ0n) is 14.3. The maximum Gasteiger partial charge on any atom is 0.170 e. The standard InChI is InChI=1S/C21H15FN4S/c22-18-7-2-6-17(11-18)14-27-21-25-19-8-3-9-24-20(19)26(21)13-16-5-1-4-15(10-16)12-23/h1-11H,13-14H2. The van der Waals surface area contributed by atoms with Crippen molar-refractivity contribution in [1.29, 1.82) is 5.26 Å². The third kappa shape index (κ3) is 3.83. The number of hydrogen-bond acceptors (Lipinski definition) is 4. The molecule has 0 bridgehead atoms. The van der Waals surface area contributed by atoms with E-state index in [4.69, 9.17) is 10.2 Å². The third-order valence-electron chi connectivity index (χ3n) is 4.12. The molecule has 4 aromatic rings. The highest BCUT2D eigenvalue weighted by molar-refractivity contribution is 7.98. The van der Waals surface area contributed by atoms with Crippen molar-refractivity contribution in [2.24, 2.45) is 0 Å². The van der Waals surface area contributed by atoms with E-state index in [1.54, 1.807) is 30.1 Å². The first-order valence-corrected chi connectivity index (χ1v) is 9.39. The lowest BCUT2D eigenvalue weighted by Crippen LogP contribution is -2.03. The van der Waals surface area contributed by atoms with E-state index in [1.165, 1.54) is 12.1 Å². The molecular weight excluding hydrogens is 359 g/mol. The fourth-order valence-electron chi connectivity index (χ4n) is 2.89. The fraction of sp³-hybridized carbons (Fsp3) is 0.0952. The van der Waals surface area contributed by atoms with Crippen LogP contribution in [0, 0.1) is 17.1 Å². The summed E-state index contributed by atoms with van der Waals surface area (Å²) in [6.07, 6.45) is 1.74. The molecule has 0 aliphatic rings. The summed E-state index contributed by atoms with van der Waals surface area (Å²) in [6.45, 7) is 0.564. The zero-order chi connectivity index (χ0) is 18.6. The lowest BCUT2D eigenvalue weighted by molar-refractivity contribution is 0.626. The van der Waals surface area contributed by atoms with Gasteiger partial charge in [0.2, 0.25) is 0 Å². The molecular formula is C21H15FN4S. The topological polar surface area (TPSA) is 54.5 Å². The molecule has 2 aromatic carbocycles. The number of aromatic nitrogens is 3. The molecule has 0 fully saturated rings. The van der Waals surface area contributed by atoms with Crippen molar-refractivity contribution >= 4 is 22.9 Å². The molecule has 6 heteroatoms. The Kier molecular flexibility index (Phi) is 4.86. The average molecular weight is 374 g/mol. The summed E-state index contributed by atoms with van der Waals surface area (Å²) in [4.78, 5) is 9.17. The maximum absolute atomic E-state index is 13.4. The van der Waals surface area contributed by atoms with E-state index in [0.29, 0.717) is 17.9 Å². The molecule has 0 radical (unpaired) electrons. The van der Waals surface area contributed by atoms with Crippen molar-refractivity contribution in [3.05, 3.63) is 89.4 Å². The van der Waals surface area contributed by atoms with Crippen LogP contribution < -0.4 is 0 Å². The number of hydrogen-bond donors (Lipinski definition) is 0. The Bertz CT molecular complexity index is 1150. The van der Waals surface area contributed by atoms with Crippen LogP contribution in [0.25, 0.3) is 11.2 Å². The first-order chi connectivity index (χ1) is 13.2. The molecule has 2 heterocycles. The van der Waals surface area contributed by atoms with Crippen molar-refractivity contribution in [1.82, 2.24) is 14.5 Å². The van der Waals surface area contributed by atoms with Gasteiger partial charge in [0.1, 0.15) is 11.3 Å². The van der Waals surface area contributed by atoms with Gasteiger partial charge in [-0.3, -0.25) is 4.57 Å². The molecule has 0 N–H and O–H groups in total. The lowest BCUT2D eigenvalue weighted by atomic mass is 10.1. The van der Waals surface area contributed by atoms with Gasteiger partial charge in [-0.05, 0) is 47.5 Å². The highest BCUT2D eigenvalue weighted by atomic mass is 32.2. The molecule has 0 aliphatic carbocycles. The van der Waals surface area contributed by atoms with Gasteiger partial charge in [0.15, 0.2) is 10.8 Å². The van der Waals surface area contributed by atoms with Gasteiger partial charge in [0, 0.05) is 11.9 Å². The number of nitriles is 1. The minimum absolute atomic E-state index is 0.239. The molecule has 4 nitrogen and oxygen atoms in total. The van der Waals surface area contributed by atoms with E-state index in [9.17, 15) is 4.39 Å². The summed E-state index contributed by atoms with van der Waals surface area (Å²) < 4.78 is 15.5. The molecule has 2 aromatic heterocycles. The second-order valence-electron chi connectivity index (χ2n) is 6.06. The summed E-state index contributed by atoms with van der Waals surface area (Å²) in [5, 5.41) is 9.95. The lowest BCUT2D eigenvalue weighted by Gasteiger charge is -2.09. The number of benzene rings is 2. The molecule has 27 heavy (non-hydrogen) atoms. The van der Waals surface area contributed by atoms with Crippen LogP contribution >= 0.6 is 11.8 Å². The van der Waals surface area contributed by atoms with Gasteiger partial charge < -0.3 is 0 Å². The second-order valence-corrected chi connectivity index (χ2v) is 7.00. The highest BCUT2D eigenvalue weighted by Gasteiger charge is 2.13. The molecule has 0 spiro atoms. The average Bonchev–Trinajstić information content (AvgIpc) is 3.04. The number of fused-ring (bicyclic) bond motifs is 1. The van der Waals surface area contributed by atoms with Crippen LogP contribution in [-0.4, -0.2) is 14.5 Å². The minimum atomic E-state index is -0.239. The number of rotatable bonds is 5. The van der Waals surface area contributed by atoms with Crippen LogP contribution in [0.2, 0.25) is 0 Å². The summed E-state index contributed by atoms with van der Waals surface area (Å²) >= 11 is 1.54. The largest absolute Gasteiger partial charge is 0.299 e. The molecule has 132 valence electrons. The van der Waals surface area contributed by atoms with Gasteiger partial charge in [0.05, 0.1) is 18.2 Å². The number of halogens is 1. The quantitative estimate of drug-likeness (QED) is 0.472. The Hall–Kier alpha value is -3.17. The van der Waals surface area contributed by atoms with Gasteiger partial charge in [-0.15, -0.1) is 0 Å². The maximum atomic E-state index is 13.4. The molecule has 0 amide bonds. The van der Waals surface area contributed by atoms with E-state index in [-0.39, 0.29) is 5.82 Å². The van der Waals surface area contributed by atoms with Crippen molar-refractivity contribution in [3.8, 4) is 6.07 Å². The molecule has 0 unspecified atom stereocenters. The van der Waals surface area contributed by atoms with Gasteiger partial charge in [0.25, 0.3) is 0 Å². The Labute approximate surface area is 160 Å². The summed E-state index contributed by atoms with van der Waals surface area (Å²) in [7, 11) is 0. The molecule has 0 saturated carbocycles. The van der Waals surface area contributed by atoms with Crippen molar-refractivity contribution < 1.29 is 4.39 Å². The van der Waals surface area contributed by atoms with Crippen molar-refractivity contribution in [2.45, 2.75) is 17.5 Å². The normalized spacial score (nSPS) is 10.8. The molecule has 4 rings (SSSR count). The zero-order valence-corrected chi connectivity index (χ0v) is 15.2. The van der Waals surface area contributed by atoms with Crippen LogP contribution in [0.4, 0.5) is 4.39 Å². The van der Waals surface area contributed by atoms with Gasteiger partial charge in [-0.1, -0.05) is 36.0 Å². The van der Waals surface area contributed by atoms with E-state index < -0.39 is 0 Å². The van der Waals surface area contributed by atoms with Crippen LogP contribution in [0.15, 0.2) is 72.0 Å². The third-order valence-corrected chi connectivity index (χ3v) is 5.17. The van der Waals surface area contributed by atoms with Crippen LogP contribution in [0.5, 0.6) is 0 Å². The van der Waals surface area contributed by atoms with Crippen molar-refractivity contribution in [2.75, 3.05) is 0 Å². The second kappa shape index (κ2) is 7.60. The Morgan fingerprint density at radius 3 is 2.74 bits per heavy atom. The molecule has 0 saturated heterocycles. The van der Waals surface area contributed by atoms with Gasteiger partial charge in [-0.2, -0.15) is 5.26 Å². The highest BCUT2D eigenvalue weighted by Crippen LogP contribution is 2.27. The smallest absolute Gasteiger partial charge is 0.170 e. The summed E-state index contributed by atoms with van der Waals surface area (Å²) in [5.41, 5.74) is 4.14. The predicted octanol–water partition coefficient (Wildman–Crippen LogP) is 4.78. The van der Waals surface area contributed by atoms with E-state index >= 15 is 0 Å². The summed E-state index contributed by atoms with van der Waals surface area (Å²) in [5.74, 6) is 0.371. The number of thioether (sulfide) groups is 1. The fourth-order valence-corrected chi connectivity index (χ4v) is 3.83. The van der Waals surface area contributed by atoms with Crippen LogP contribution in [0.3, 0.4) is 0 Å². The molecule has 0 aliphatic heterocycles. The number of nitrogens with zero attached hydrogens (tertiary/aromatic N) is 4. The van der Waals surface area contributed by atoms with Gasteiger partial charge in [-0.25, -0.2) is 14.4 Å². The monoisotopic (exact) mass is 374 g/mol. The van der Waals surface area contributed by atoms with Crippen molar-refractivity contribution in [3.63, 3.8) is 0 Å². The van der Waals surface area contributed by atoms with E-state index in [0.717, 1.165) is 27.4 Å². The van der Waals surface area contributed by atoms with Crippen LogP contribution in [0.1, 0.15) is 16.7 Å². The summed E-state index contributed by atoms with van der Waals surface area (Å²) in [6, 6.07) is 20.1. The Morgan fingerprint density at radius 1 is 1.04 bits per heavy atom. The number of pyridine rings is 1. The first kappa shape index (κ1) is 17.3. The minimum Gasteiger partial charge on any atom is -0.299 e. The van der Waals surface area contributed by atoms with E-state index in [1.807, 2.05) is 41.0 Å².